The summed E-state index contributed by atoms with van der Waals surface area (Å²) in [5, 5.41) is 3.21. The third kappa shape index (κ3) is 5.01. The number of likely N-dealkylation sites (tertiary alicyclic amines) is 1. The van der Waals surface area contributed by atoms with Crippen LogP contribution in [-0.4, -0.2) is 44.2 Å². The van der Waals surface area contributed by atoms with Crippen molar-refractivity contribution in [1.82, 2.24) is 10.2 Å². The predicted octanol–water partition coefficient (Wildman–Crippen LogP) is 3.66. The number of amides is 1. The van der Waals surface area contributed by atoms with E-state index >= 15 is 0 Å². The largest absolute Gasteiger partial charge is 0.493 e. The summed E-state index contributed by atoms with van der Waals surface area (Å²) in [6.45, 7) is 5.44. The highest BCUT2D eigenvalue weighted by Crippen LogP contribution is 2.28. The van der Waals surface area contributed by atoms with Crippen LogP contribution in [0.5, 0.6) is 11.5 Å². The van der Waals surface area contributed by atoms with E-state index in [1.165, 1.54) is 12.8 Å². The number of nitrogens with zero attached hydrogens (tertiary/aromatic N) is 1. The van der Waals surface area contributed by atoms with E-state index in [1.807, 2.05) is 25.1 Å². The summed E-state index contributed by atoms with van der Waals surface area (Å²) in [5.74, 6) is 1.11. The zero-order chi connectivity index (χ0) is 19.1. The molecule has 27 heavy (non-hydrogen) atoms. The highest BCUT2D eigenvalue weighted by atomic mass is 16.5. The van der Waals surface area contributed by atoms with Crippen LogP contribution in [0.15, 0.2) is 48.5 Å². The van der Waals surface area contributed by atoms with Gasteiger partial charge in [0.25, 0.3) is 5.91 Å². The van der Waals surface area contributed by atoms with Crippen molar-refractivity contribution in [2.75, 3.05) is 33.4 Å². The monoisotopic (exact) mass is 368 g/mol. The molecule has 0 aliphatic carbocycles. The van der Waals surface area contributed by atoms with Gasteiger partial charge in [-0.15, -0.1) is 0 Å². The Hall–Kier alpha value is -2.53. The zero-order valence-electron chi connectivity index (χ0n) is 16.1. The summed E-state index contributed by atoms with van der Waals surface area (Å²) >= 11 is 0. The Balaban J connectivity index is 1.78. The van der Waals surface area contributed by atoms with Gasteiger partial charge in [-0.3, -0.25) is 4.79 Å². The highest BCUT2D eigenvalue weighted by Gasteiger charge is 2.21. The van der Waals surface area contributed by atoms with Crippen LogP contribution < -0.4 is 14.8 Å². The van der Waals surface area contributed by atoms with Crippen LogP contribution in [0.25, 0.3) is 0 Å². The number of methoxy groups -OCH3 is 1. The minimum atomic E-state index is -0.105. The van der Waals surface area contributed by atoms with Crippen molar-refractivity contribution in [3.63, 3.8) is 0 Å². The number of nitrogens with one attached hydrogen (secondary N) is 1. The van der Waals surface area contributed by atoms with Gasteiger partial charge in [0, 0.05) is 12.1 Å². The van der Waals surface area contributed by atoms with Crippen LogP contribution in [0.4, 0.5) is 0 Å². The standard InChI is InChI=1S/C22H28N2O3/c1-3-27-21-15-18(11-12-20(21)26-2)22(25)23-19(16-24-13-7-8-14-24)17-9-5-4-6-10-17/h4-6,9-12,15,19H,3,7-8,13-14,16H2,1-2H3,(H,23,25). The lowest BCUT2D eigenvalue weighted by atomic mass is 10.1. The quantitative estimate of drug-likeness (QED) is 0.773. The first-order valence-electron chi connectivity index (χ1n) is 9.60. The minimum absolute atomic E-state index is 0.0468. The first-order valence-corrected chi connectivity index (χ1v) is 9.60. The van der Waals surface area contributed by atoms with Crippen molar-refractivity contribution in [2.45, 2.75) is 25.8 Å². The van der Waals surface area contributed by atoms with Gasteiger partial charge in [0.15, 0.2) is 11.5 Å². The van der Waals surface area contributed by atoms with Crippen LogP contribution in [0.2, 0.25) is 0 Å². The molecule has 1 fully saturated rings. The van der Waals surface area contributed by atoms with E-state index in [9.17, 15) is 4.79 Å². The molecule has 2 aromatic rings. The topological polar surface area (TPSA) is 50.8 Å². The molecule has 0 radical (unpaired) electrons. The van der Waals surface area contributed by atoms with Gasteiger partial charge in [0.2, 0.25) is 0 Å². The third-order valence-corrected chi connectivity index (χ3v) is 4.87. The summed E-state index contributed by atoms with van der Waals surface area (Å²) < 4.78 is 10.9. The number of hydrogen-bond donors (Lipinski definition) is 1. The van der Waals surface area contributed by atoms with Gasteiger partial charge in [0.05, 0.1) is 19.8 Å². The molecule has 0 aromatic heterocycles. The molecule has 5 heteroatoms. The van der Waals surface area contributed by atoms with Gasteiger partial charge in [-0.1, -0.05) is 30.3 Å². The molecule has 1 amide bonds. The molecule has 0 bridgehead atoms. The summed E-state index contributed by atoms with van der Waals surface area (Å²) in [5.41, 5.74) is 1.69. The van der Waals surface area contributed by atoms with Crippen LogP contribution >= 0.6 is 0 Å². The van der Waals surface area contributed by atoms with Crippen LogP contribution in [0.1, 0.15) is 41.7 Å². The van der Waals surface area contributed by atoms with Gasteiger partial charge in [-0.2, -0.15) is 0 Å². The first-order chi connectivity index (χ1) is 13.2. The van der Waals surface area contributed by atoms with E-state index in [2.05, 4.69) is 22.3 Å². The van der Waals surface area contributed by atoms with Crippen LogP contribution in [0, 0.1) is 0 Å². The number of hydrogen-bond acceptors (Lipinski definition) is 4. The lowest BCUT2D eigenvalue weighted by Crippen LogP contribution is -2.37. The number of ether oxygens (including phenoxy) is 2. The molecule has 1 aliphatic rings. The second-order valence-corrected chi connectivity index (χ2v) is 6.74. The maximum Gasteiger partial charge on any atom is 0.251 e. The minimum Gasteiger partial charge on any atom is -0.493 e. The molecule has 1 N–H and O–H groups in total. The molecular weight excluding hydrogens is 340 g/mol. The van der Waals surface area contributed by atoms with Crippen LogP contribution in [-0.2, 0) is 0 Å². The van der Waals surface area contributed by atoms with E-state index in [1.54, 1.807) is 25.3 Å². The van der Waals surface area contributed by atoms with Gasteiger partial charge in [-0.25, -0.2) is 0 Å². The smallest absolute Gasteiger partial charge is 0.251 e. The third-order valence-electron chi connectivity index (χ3n) is 4.87. The highest BCUT2D eigenvalue weighted by molar-refractivity contribution is 5.95. The van der Waals surface area contributed by atoms with Crippen molar-refractivity contribution in [3.8, 4) is 11.5 Å². The number of carbonyl (C=O) groups excluding carboxylic acids is 1. The lowest BCUT2D eigenvalue weighted by Gasteiger charge is -2.25. The maximum absolute atomic E-state index is 12.9. The Morgan fingerprint density at radius 2 is 1.85 bits per heavy atom. The number of benzene rings is 2. The van der Waals surface area contributed by atoms with Gasteiger partial charge in [0.1, 0.15) is 0 Å². The SMILES string of the molecule is CCOc1cc(C(=O)NC(CN2CCCC2)c2ccccc2)ccc1OC. The molecule has 2 aromatic carbocycles. The summed E-state index contributed by atoms with van der Waals surface area (Å²) in [6, 6.07) is 15.4. The molecule has 1 atom stereocenters. The van der Waals surface area contributed by atoms with E-state index in [-0.39, 0.29) is 11.9 Å². The van der Waals surface area contributed by atoms with Crippen molar-refractivity contribution < 1.29 is 14.3 Å². The molecule has 0 saturated carbocycles. The van der Waals surface area contributed by atoms with Gasteiger partial charge < -0.3 is 19.7 Å². The average molecular weight is 368 g/mol. The van der Waals surface area contributed by atoms with Crippen molar-refractivity contribution in [3.05, 3.63) is 59.7 Å². The Labute approximate surface area is 161 Å². The first kappa shape index (κ1) is 19.2. The molecule has 0 spiro atoms. The van der Waals surface area contributed by atoms with Gasteiger partial charge >= 0.3 is 0 Å². The summed E-state index contributed by atoms with van der Waals surface area (Å²) in [7, 11) is 1.60. The zero-order valence-corrected chi connectivity index (χ0v) is 16.1. The molecule has 1 aliphatic heterocycles. The fraction of sp³-hybridized carbons (Fsp3) is 0.409. The van der Waals surface area contributed by atoms with E-state index in [0.29, 0.717) is 23.7 Å². The summed E-state index contributed by atoms with van der Waals surface area (Å²) in [4.78, 5) is 15.3. The number of carbonyl (C=O) groups is 1. The molecule has 5 nitrogen and oxygen atoms in total. The van der Waals surface area contributed by atoms with Gasteiger partial charge in [-0.05, 0) is 56.6 Å². The van der Waals surface area contributed by atoms with E-state index < -0.39 is 0 Å². The molecule has 1 unspecified atom stereocenters. The normalized spacial score (nSPS) is 15.3. The van der Waals surface area contributed by atoms with Crippen molar-refractivity contribution in [1.29, 1.82) is 0 Å². The fourth-order valence-corrected chi connectivity index (χ4v) is 3.47. The Kier molecular flexibility index (Phi) is 6.71. The van der Waals surface area contributed by atoms with E-state index in [0.717, 1.165) is 25.2 Å². The molecular formula is C22H28N2O3. The summed E-state index contributed by atoms with van der Waals surface area (Å²) in [6.07, 6.45) is 2.46. The second kappa shape index (κ2) is 9.42. The maximum atomic E-state index is 12.9. The lowest BCUT2D eigenvalue weighted by molar-refractivity contribution is 0.0926. The molecule has 144 valence electrons. The van der Waals surface area contributed by atoms with E-state index in [4.69, 9.17) is 9.47 Å². The molecule has 1 heterocycles. The van der Waals surface area contributed by atoms with Crippen molar-refractivity contribution >= 4 is 5.91 Å². The van der Waals surface area contributed by atoms with Crippen molar-refractivity contribution in [2.24, 2.45) is 0 Å². The van der Waals surface area contributed by atoms with Crippen LogP contribution in [0.3, 0.4) is 0 Å². The Bertz CT molecular complexity index is 742. The Morgan fingerprint density at radius 3 is 2.52 bits per heavy atom. The molecule has 3 rings (SSSR count). The number of rotatable bonds is 8. The average Bonchev–Trinajstić information content (AvgIpc) is 3.21. The Morgan fingerprint density at radius 1 is 1.11 bits per heavy atom. The predicted molar refractivity (Wildman–Crippen MR) is 106 cm³/mol. The fourth-order valence-electron chi connectivity index (χ4n) is 3.47. The molecule has 1 saturated heterocycles. The second-order valence-electron chi connectivity index (χ2n) is 6.74.